The number of aromatic nitrogens is 1. The molecule has 2 aromatic heterocycles. The Morgan fingerprint density at radius 2 is 2.10 bits per heavy atom. The van der Waals surface area contributed by atoms with Crippen molar-refractivity contribution in [2.75, 3.05) is 12.3 Å². The van der Waals surface area contributed by atoms with Crippen LogP contribution in [0, 0.1) is 5.92 Å². The molecule has 10 heteroatoms. The lowest BCUT2D eigenvalue weighted by Gasteiger charge is -2.29. The van der Waals surface area contributed by atoms with Crippen LogP contribution in [0.3, 0.4) is 0 Å². The molecule has 1 aliphatic heterocycles. The molecule has 4 rings (SSSR count). The van der Waals surface area contributed by atoms with Crippen LogP contribution in [0.4, 0.5) is 5.13 Å². The molecular weight excluding hydrogens is 439 g/mol. The van der Waals surface area contributed by atoms with Crippen molar-refractivity contribution in [3.63, 3.8) is 0 Å². The minimum Gasteiger partial charge on any atom is -0.462 e. The maximum atomic E-state index is 13.6. The van der Waals surface area contributed by atoms with Crippen LogP contribution in [0.2, 0.25) is 0 Å². The molecule has 1 aromatic carbocycles. The first kappa shape index (κ1) is 21.8. The normalized spacial score (nSPS) is 21.3. The predicted molar refractivity (Wildman–Crippen MR) is 117 cm³/mol. The third-order valence-electron chi connectivity index (χ3n) is 4.58. The third kappa shape index (κ3) is 4.75. The Morgan fingerprint density at radius 1 is 1.32 bits per heavy atom. The highest BCUT2D eigenvalue weighted by atomic mass is 32.1. The lowest BCUT2D eigenvalue weighted by molar-refractivity contribution is -0.0793. The third-order valence-corrected chi connectivity index (χ3v) is 7.47. The van der Waals surface area contributed by atoms with Crippen molar-refractivity contribution in [1.82, 2.24) is 4.98 Å². The molecule has 1 fully saturated rings. The number of anilines is 1. The van der Waals surface area contributed by atoms with Crippen LogP contribution in [0.1, 0.15) is 35.5 Å². The smallest absolute Gasteiger partial charge is 0.368 e. The quantitative estimate of drug-likeness (QED) is 0.417. The lowest BCUT2D eigenvalue weighted by atomic mass is 10.1. The van der Waals surface area contributed by atoms with Crippen molar-refractivity contribution in [1.29, 1.82) is 0 Å². The number of thiazole rings is 1. The van der Waals surface area contributed by atoms with Crippen molar-refractivity contribution in [3.05, 3.63) is 53.1 Å². The van der Waals surface area contributed by atoms with Gasteiger partial charge in [0.1, 0.15) is 11.0 Å². The maximum absolute atomic E-state index is 13.6. The lowest BCUT2D eigenvalue weighted by Crippen LogP contribution is -2.29. The van der Waals surface area contributed by atoms with Gasteiger partial charge in [0, 0.05) is 11.3 Å². The van der Waals surface area contributed by atoms with E-state index in [1.807, 2.05) is 0 Å². The highest BCUT2D eigenvalue weighted by Crippen LogP contribution is 2.54. The molecule has 0 saturated carbocycles. The van der Waals surface area contributed by atoms with Gasteiger partial charge >= 0.3 is 13.6 Å². The molecule has 2 N–H and O–H groups in total. The minimum absolute atomic E-state index is 0.104. The summed E-state index contributed by atoms with van der Waals surface area (Å²) in [5.41, 5.74) is 6.84. The van der Waals surface area contributed by atoms with Crippen molar-refractivity contribution in [3.8, 4) is 11.5 Å². The maximum Gasteiger partial charge on any atom is 0.368 e. The fraction of sp³-hybridized carbons (Fsp3) is 0.333. The van der Waals surface area contributed by atoms with E-state index in [1.165, 1.54) is 23.7 Å². The fourth-order valence-electron chi connectivity index (χ4n) is 3.23. The topological polar surface area (TPSA) is 114 Å². The summed E-state index contributed by atoms with van der Waals surface area (Å²) in [6.45, 7) is 4.28. The molecule has 0 radical (unpaired) electrons. The van der Waals surface area contributed by atoms with E-state index in [2.05, 4.69) is 18.8 Å². The summed E-state index contributed by atoms with van der Waals surface area (Å²) in [6, 6.07) is 10.1. The molecule has 3 heterocycles. The number of benzene rings is 1. The standard InChI is InChI=1S/C21H23N2O6PS/c1-13(2)12-16-18(23-21(22)31-16)19-15(8-10-26-19)30(25)27-11-9-17(29-30)28-20(24)14-6-4-3-5-7-14/h3-8,10,13,17H,9,11-12H2,1-2H3,(H2,22,23). The number of carbonyl (C=O) groups excluding carboxylic acids is 1. The van der Waals surface area contributed by atoms with Crippen LogP contribution in [-0.2, 0) is 24.8 Å². The molecule has 1 saturated heterocycles. The Hall–Kier alpha value is -2.45. The minimum atomic E-state index is -3.82. The molecule has 8 nitrogen and oxygen atoms in total. The summed E-state index contributed by atoms with van der Waals surface area (Å²) in [7, 11) is -3.82. The zero-order valence-electron chi connectivity index (χ0n) is 17.1. The Labute approximate surface area is 183 Å². The van der Waals surface area contributed by atoms with E-state index in [0.717, 1.165) is 11.3 Å². The molecule has 2 atom stereocenters. The number of furan rings is 1. The number of ether oxygens (including phenoxy) is 1. The first-order valence-corrected chi connectivity index (χ1v) is 12.2. The number of carbonyl (C=O) groups is 1. The van der Waals surface area contributed by atoms with Crippen molar-refractivity contribution in [2.24, 2.45) is 5.92 Å². The average molecular weight is 462 g/mol. The second-order valence-corrected chi connectivity index (χ2v) is 10.5. The molecule has 3 aromatic rings. The summed E-state index contributed by atoms with van der Waals surface area (Å²) in [6.07, 6.45) is 1.41. The summed E-state index contributed by atoms with van der Waals surface area (Å²) < 4.78 is 35.9. The highest BCUT2D eigenvalue weighted by Gasteiger charge is 2.41. The summed E-state index contributed by atoms with van der Waals surface area (Å²) in [5.74, 6) is 0.108. The van der Waals surface area contributed by atoms with Gasteiger partial charge in [-0.2, -0.15) is 0 Å². The van der Waals surface area contributed by atoms with Gasteiger partial charge in [-0.15, -0.1) is 11.3 Å². The Morgan fingerprint density at radius 3 is 2.84 bits per heavy atom. The number of hydrogen-bond donors (Lipinski definition) is 1. The zero-order chi connectivity index (χ0) is 22.0. The van der Waals surface area contributed by atoms with Crippen LogP contribution >= 0.6 is 18.9 Å². The van der Waals surface area contributed by atoms with Crippen molar-refractivity contribution >= 4 is 35.3 Å². The van der Waals surface area contributed by atoms with E-state index in [1.54, 1.807) is 30.3 Å². The van der Waals surface area contributed by atoms with E-state index >= 15 is 0 Å². The summed E-state index contributed by atoms with van der Waals surface area (Å²) >= 11 is 1.37. The van der Waals surface area contributed by atoms with Gasteiger partial charge in [-0.1, -0.05) is 32.0 Å². The number of hydrogen-bond acceptors (Lipinski definition) is 9. The van der Waals surface area contributed by atoms with Gasteiger partial charge < -0.3 is 19.4 Å². The number of rotatable bonds is 6. The predicted octanol–water partition coefficient (Wildman–Crippen LogP) is 4.62. The van der Waals surface area contributed by atoms with E-state index in [4.69, 9.17) is 23.9 Å². The van der Waals surface area contributed by atoms with Crippen LogP contribution < -0.4 is 11.0 Å². The molecule has 0 aliphatic carbocycles. The van der Waals surface area contributed by atoms with Gasteiger partial charge in [-0.05, 0) is 30.5 Å². The number of nitrogens with two attached hydrogens (primary N) is 1. The molecule has 0 bridgehead atoms. The van der Waals surface area contributed by atoms with Crippen molar-refractivity contribution < 1.29 is 27.6 Å². The largest absolute Gasteiger partial charge is 0.462 e. The monoisotopic (exact) mass is 462 g/mol. The van der Waals surface area contributed by atoms with Crippen LogP contribution in [0.5, 0.6) is 0 Å². The summed E-state index contributed by atoms with van der Waals surface area (Å²) in [4.78, 5) is 17.7. The van der Waals surface area contributed by atoms with Gasteiger partial charge in [-0.25, -0.2) is 9.78 Å². The second kappa shape index (κ2) is 8.96. The molecular formula is C21H23N2O6PS. The first-order valence-electron chi connectivity index (χ1n) is 9.88. The Balaban J connectivity index is 1.59. The number of nitrogen functional groups attached to an aromatic ring is 1. The summed E-state index contributed by atoms with van der Waals surface area (Å²) in [5, 5.41) is 0.634. The van der Waals surface area contributed by atoms with E-state index in [9.17, 15) is 9.36 Å². The van der Waals surface area contributed by atoms with Crippen LogP contribution in [0.15, 0.2) is 47.1 Å². The highest BCUT2D eigenvalue weighted by molar-refractivity contribution is 7.62. The second-order valence-electron chi connectivity index (χ2n) is 7.48. The van der Waals surface area contributed by atoms with Crippen LogP contribution in [-0.4, -0.2) is 23.9 Å². The number of nitrogens with zero attached hydrogens (tertiary/aromatic N) is 1. The van der Waals surface area contributed by atoms with E-state index in [0.29, 0.717) is 28.1 Å². The molecule has 164 valence electrons. The van der Waals surface area contributed by atoms with E-state index < -0.39 is 19.9 Å². The first-order chi connectivity index (χ1) is 14.9. The number of esters is 1. The zero-order valence-corrected chi connectivity index (χ0v) is 18.9. The van der Waals surface area contributed by atoms with Gasteiger partial charge in [0.15, 0.2) is 10.9 Å². The molecule has 2 unspecified atom stereocenters. The molecule has 1 aliphatic rings. The Bertz CT molecular complexity index is 1110. The fourth-order valence-corrected chi connectivity index (χ4v) is 6.04. The SMILES string of the molecule is CC(C)Cc1sc(N)nc1-c1occc1P1(=O)OCCC(OC(=O)c2ccccc2)O1. The van der Waals surface area contributed by atoms with E-state index in [-0.39, 0.29) is 18.3 Å². The average Bonchev–Trinajstić information content (AvgIpc) is 3.35. The van der Waals surface area contributed by atoms with Crippen LogP contribution in [0.25, 0.3) is 11.5 Å². The van der Waals surface area contributed by atoms with Gasteiger partial charge in [0.25, 0.3) is 0 Å². The van der Waals surface area contributed by atoms with Gasteiger partial charge in [-0.3, -0.25) is 9.09 Å². The van der Waals surface area contributed by atoms with Gasteiger partial charge in [0.05, 0.1) is 18.4 Å². The molecule has 0 amide bonds. The van der Waals surface area contributed by atoms with Crippen molar-refractivity contribution in [2.45, 2.75) is 33.0 Å². The molecule has 31 heavy (non-hydrogen) atoms. The Kier molecular flexibility index (Phi) is 6.29. The molecule has 0 spiro atoms. The van der Waals surface area contributed by atoms with Gasteiger partial charge in [0.2, 0.25) is 6.29 Å².